The molecule has 138 valence electrons. The van der Waals surface area contributed by atoms with Crippen molar-refractivity contribution in [3.63, 3.8) is 0 Å². The molecule has 0 bridgehead atoms. The van der Waals surface area contributed by atoms with Crippen LogP contribution in [0.4, 0.5) is 4.79 Å². The molecule has 0 aliphatic carbocycles. The number of hydrogen-bond donors (Lipinski definition) is 1. The van der Waals surface area contributed by atoms with Gasteiger partial charge in [-0.05, 0) is 31.9 Å². The number of carbonyl (C=O) groups excluding carboxylic acids is 1. The number of piperidine rings is 1. The third-order valence-electron chi connectivity index (χ3n) is 4.88. The average Bonchev–Trinajstić information content (AvgIpc) is 3.03. The summed E-state index contributed by atoms with van der Waals surface area (Å²) in [5.74, 6) is 0.451. The van der Waals surface area contributed by atoms with Crippen LogP contribution in [0.2, 0.25) is 0 Å². The van der Waals surface area contributed by atoms with E-state index in [1.807, 2.05) is 43.9 Å². The molecule has 2 heterocycles. The van der Waals surface area contributed by atoms with Crippen LogP contribution in [0.1, 0.15) is 30.9 Å². The second-order valence-corrected chi connectivity index (χ2v) is 6.98. The van der Waals surface area contributed by atoms with Crippen molar-refractivity contribution >= 4 is 6.03 Å². The predicted octanol–water partition coefficient (Wildman–Crippen LogP) is 2.62. The fourth-order valence-electron chi connectivity index (χ4n) is 3.42. The van der Waals surface area contributed by atoms with Gasteiger partial charge in [-0.1, -0.05) is 18.2 Å². The van der Waals surface area contributed by atoms with Crippen molar-refractivity contribution in [1.82, 2.24) is 10.2 Å². The lowest BCUT2D eigenvalue weighted by Gasteiger charge is -2.37. The third-order valence-corrected chi connectivity index (χ3v) is 4.88. The van der Waals surface area contributed by atoms with Gasteiger partial charge >= 0.3 is 6.03 Å². The first-order valence-corrected chi connectivity index (χ1v) is 9.01. The molecule has 2 fully saturated rings. The number of para-hydroxylation sites is 1. The molecule has 2 aliphatic rings. The summed E-state index contributed by atoms with van der Waals surface area (Å²) in [6.45, 7) is 9.07. The number of amides is 2. The Balaban J connectivity index is 1.45. The Labute approximate surface area is 149 Å². The van der Waals surface area contributed by atoms with Crippen molar-refractivity contribution in [2.24, 2.45) is 0 Å². The molecule has 1 atom stereocenters. The van der Waals surface area contributed by atoms with E-state index >= 15 is 0 Å². The first kappa shape index (κ1) is 18.0. The standard InChI is InChI=1S/C19H28N2O4/c1-14-5-4-6-15(2)17(14)23-13-16(3)20-18(22)21-9-7-19(8-10-21)24-11-12-25-19/h4-6,16H,7-13H2,1-3H3,(H,20,22)/t16-/m0/s1. The van der Waals surface area contributed by atoms with Gasteiger partial charge in [-0.2, -0.15) is 0 Å². The van der Waals surface area contributed by atoms with E-state index in [0.29, 0.717) is 32.9 Å². The number of rotatable bonds is 4. The minimum Gasteiger partial charge on any atom is -0.491 e. The molecule has 3 rings (SSSR count). The van der Waals surface area contributed by atoms with Crippen LogP contribution in [-0.4, -0.2) is 55.7 Å². The van der Waals surface area contributed by atoms with E-state index in [0.717, 1.165) is 29.7 Å². The van der Waals surface area contributed by atoms with Crippen LogP contribution in [0.25, 0.3) is 0 Å². The van der Waals surface area contributed by atoms with E-state index < -0.39 is 5.79 Å². The van der Waals surface area contributed by atoms with Gasteiger partial charge in [-0.15, -0.1) is 0 Å². The van der Waals surface area contributed by atoms with Crippen LogP contribution >= 0.6 is 0 Å². The SMILES string of the molecule is Cc1cccc(C)c1OC[C@H](C)NC(=O)N1CCC2(CC1)OCCO2. The second-order valence-electron chi connectivity index (χ2n) is 6.98. The summed E-state index contributed by atoms with van der Waals surface area (Å²) < 4.78 is 17.3. The van der Waals surface area contributed by atoms with Crippen LogP contribution in [0, 0.1) is 13.8 Å². The van der Waals surface area contributed by atoms with Gasteiger partial charge in [-0.3, -0.25) is 0 Å². The largest absolute Gasteiger partial charge is 0.491 e. The summed E-state index contributed by atoms with van der Waals surface area (Å²) in [6, 6.07) is 5.96. The minimum absolute atomic E-state index is 0.0505. The van der Waals surface area contributed by atoms with E-state index in [2.05, 4.69) is 5.32 Å². The van der Waals surface area contributed by atoms with Gasteiger partial charge in [0.25, 0.3) is 0 Å². The summed E-state index contributed by atoms with van der Waals surface area (Å²) in [6.07, 6.45) is 1.46. The van der Waals surface area contributed by atoms with Gasteiger partial charge < -0.3 is 24.4 Å². The molecule has 1 aromatic carbocycles. The summed E-state index contributed by atoms with van der Waals surface area (Å²) in [5, 5.41) is 3.02. The normalized spacial score (nSPS) is 20.5. The first-order valence-electron chi connectivity index (χ1n) is 9.01. The quantitative estimate of drug-likeness (QED) is 0.909. The maximum Gasteiger partial charge on any atom is 0.317 e. The number of benzene rings is 1. The molecule has 1 N–H and O–H groups in total. The predicted molar refractivity (Wildman–Crippen MR) is 94.8 cm³/mol. The molecule has 25 heavy (non-hydrogen) atoms. The highest BCUT2D eigenvalue weighted by molar-refractivity contribution is 5.74. The molecule has 0 aromatic heterocycles. The lowest BCUT2D eigenvalue weighted by molar-refractivity contribution is -0.181. The second kappa shape index (κ2) is 7.62. The van der Waals surface area contributed by atoms with Gasteiger partial charge in [0.05, 0.1) is 19.3 Å². The highest BCUT2D eigenvalue weighted by atomic mass is 16.7. The van der Waals surface area contributed by atoms with Crippen LogP contribution in [0.15, 0.2) is 18.2 Å². The Morgan fingerprint density at radius 1 is 1.24 bits per heavy atom. The number of hydrogen-bond acceptors (Lipinski definition) is 4. The Bertz CT molecular complexity index is 583. The zero-order valence-corrected chi connectivity index (χ0v) is 15.3. The molecule has 0 radical (unpaired) electrons. The van der Waals surface area contributed by atoms with Crippen LogP contribution in [0.3, 0.4) is 0 Å². The third kappa shape index (κ3) is 4.25. The zero-order chi connectivity index (χ0) is 17.9. The maximum absolute atomic E-state index is 12.4. The molecule has 1 spiro atoms. The number of likely N-dealkylation sites (tertiary alicyclic amines) is 1. The van der Waals surface area contributed by atoms with Gasteiger partial charge in [-0.25, -0.2) is 4.79 Å². The lowest BCUT2D eigenvalue weighted by Crippen LogP contribution is -2.52. The number of carbonyl (C=O) groups is 1. The summed E-state index contributed by atoms with van der Waals surface area (Å²) in [4.78, 5) is 14.3. The fraction of sp³-hybridized carbons (Fsp3) is 0.632. The fourth-order valence-corrected chi connectivity index (χ4v) is 3.42. The highest BCUT2D eigenvalue weighted by Crippen LogP contribution is 2.31. The Hall–Kier alpha value is -1.79. The van der Waals surface area contributed by atoms with E-state index in [9.17, 15) is 4.79 Å². The Morgan fingerprint density at radius 2 is 1.84 bits per heavy atom. The average molecular weight is 348 g/mol. The first-order chi connectivity index (χ1) is 12.0. The molecule has 6 heteroatoms. The van der Waals surface area contributed by atoms with Crippen LogP contribution in [0.5, 0.6) is 5.75 Å². The topological polar surface area (TPSA) is 60.0 Å². The molecule has 2 aliphatic heterocycles. The molecule has 2 amide bonds. The van der Waals surface area contributed by atoms with E-state index in [1.54, 1.807) is 0 Å². The minimum atomic E-state index is -0.451. The van der Waals surface area contributed by atoms with E-state index in [1.165, 1.54) is 0 Å². The number of aryl methyl sites for hydroxylation is 2. The number of nitrogens with zero attached hydrogens (tertiary/aromatic N) is 1. The molecule has 2 saturated heterocycles. The smallest absolute Gasteiger partial charge is 0.317 e. The Morgan fingerprint density at radius 3 is 2.44 bits per heavy atom. The summed E-state index contributed by atoms with van der Waals surface area (Å²) in [5.41, 5.74) is 2.22. The molecular weight excluding hydrogens is 320 g/mol. The lowest BCUT2D eigenvalue weighted by atomic mass is 10.0. The van der Waals surface area contributed by atoms with Crippen LogP contribution in [-0.2, 0) is 9.47 Å². The van der Waals surface area contributed by atoms with E-state index in [-0.39, 0.29) is 12.1 Å². The number of urea groups is 1. The highest BCUT2D eigenvalue weighted by Gasteiger charge is 2.40. The molecule has 6 nitrogen and oxygen atoms in total. The molecule has 0 unspecified atom stereocenters. The molecule has 0 saturated carbocycles. The van der Waals surface area contributed by atoms with Gasteiger partial charge in [0, 0.05) is 25.9 Å². The van der Waals surface area contributed by atoms with Gasteiger partial charge in [0.15, 0.2) is 5.79 Å². The van der Waals surface area contributed by atoms with Crippen molar-refractivity contribution in [3.8, 4) is 5.75 Å². The van der Waals surface area contributed by atoms with Gasteiger partial charge in [0.1, 0.15) is 12.4 Å². The Kier molecular flexibility index (Phi) is 5.49. The maximum atomic E-state index is 12.4. The molecular formula is C19H28N2O4. The van der Waals surface area contributed by atoms with Gasteiger partial charge in [0.2, 0.25) is 0 Å². The molecule has 1 aromatic rings. The summed E-state index contributed by atoms with van der Waals surface area (Å²) >= 11 is 0. The van der Waals surface area contributed by atoms with Crippen molar-refractivity contribution in [2.45, 2.75) is 45.4 Å². The number of ether oxygens (including phenoxy) is 3. The van der Waals surface area contributed by atoms with E-state index in [4.69, 9.17) is 14.2 Å². The number of nitrogens with one attached hydrogen (secondary N) is 1. The van der Waals surface area contributed by atoms with Crippen molar-refractivity contribution < 1.29 is 19.0 Å². The zero-order valence-electron chi connectivity index (χ0n) is 15.3. The monoisotopic (exact) mass is 348 g/mol. The van der Waals surface area contributed by atoms with Crippen molar-refractivity contribution in [2.75, 3.05) is 32.9 Å². The summed E-state index contributed by atoms with van der Waals surface area (Å²) in [7, 11) is 0. The van der Waals surface area contributed by atoms with Crippen molar-refractivity contribution in [3.05, 3.63) is 29.3 Å². The van der Waals surface area contributed by atoms with Crippen LogP contribution < -0.4 is 10.1 Å². The van der Waals surface area contributed by atoms with Crippen molar-refractivity contribution in [1.29, 1.82) is 0 Å².